The first-order valence-electron chi connectivity index (χ1n) is 9.97. The van der Waals surface area contributed by atoms with E-state index in [1.165, 1.54) is 32.2 Å². The number of nitrogens with one attached hydrogen (secondary N) is 1. The van der Waals surface area contributed by atoms with Crippen LogP contribution in [0.3, 0.4) is 0 Å². The van der Waals surface area contributed by atoms with Crippen molar-refractivity contribution in [3.05, 3.63) is 71.6 Å². The number of amides is 1. The molecule has 0 bridgehead atoms. The Morgan fingerprint density at radius 3 is 2.47 bits per heavy atom. The van der Waals surface area contributed by atoms with Crippen molar-refractivity contribution in [2.75, 3.05) is 23.3 Å². The maximum Gasteiger partial charge on any atom is 0.344 e. The Kier molecular flexibility index (Phi) is 7.88. The van der Waals surface area contributed by atoms with Gasteiger partial charge in [-0.3, -0.25) is 9.10 Å². The summed E-state index contributed by atoms with van der Waals surface area (Å²) < 4.78 is 37.0. The fraction of sp³-hybridized carbons (Fsp3) is 0.174. The van der Waals surface area contributed by atoms with E-state index in [2.05, 4.69) is 5.32 Å². The number of thiophene rings is 1. The second-order valence-corrected chi connectivity index (χ2v) is 10.1. The minimum absolute atomic E-state index is 0.229. The molecule has 3 rings (SSSR count). The summed E-state index contributed by atoms with van der Waals surface area (Å²) in [6, 6.07) is 17.8. The summed E-state index contributed by atoms with van der Waals surface area (Å²) in [7, 11) is -2.21. The molecule has 1 amide bonds. The van der Waals surface area contributed by atoms with Gasteiger partial charge in [-0.2, -0.15) is 5.26 Å². The highest BCUT2D eigenvalue weighted by atomic mass is 32.2. The molecule has 34 heavy (non-hydrogen) atoms. The van der Waals surface area contributed by atoms with Gasteiger partial charge in [0.1, 0.15) is 16.0 Å². The number of rotatable bonds is 9. The lowest BCUT2D eigenvalue weighted by atomic mass is 10.2. The third-order valence-electron chi connectivity index (χ3n) is 4.65. The molecule has 11 heteroatoms. The molecule has 1 unspecified atom stereocenters. The highest BCUT2D eigenvalue weighted by Gasteiger charge is 2.22. The van der Waals surface area contributed by atoms with E-state index >= 15 is 0 Å². The van der Waals surface area contributed by atoms with Crippen LogP contribution in [0.25, 0.3) is 0 Å². The van der Waals surface area contributed by atoms with E-state index in [1.807, 2.05) is 6.07 Å². The summed E-state index contributed by atoms with van der Waals surface area (Å²) >= 11 is 1.13. The van der Waals surface area contributed by atoms with Crippen LogP contribution in [-0.2, 0) is 24.3 Å². The molecular weight excluding hydrogens is 478 g/mol. The molecule has 2 aromatic carbocycles. The number of carbonyl (C=O) groups excluding carboxylic acids is 2. The van der Waals surface area contributed by atoms with Crippen molar-refractivity contribution in [2.45, 2.75) is 17.2 Å². The van der Waals surface area contributed by atoms with E-state index in [9.17, 15) is 18.0 Å². The molecule has 9 nitrogen and oxygen atoms in total. The van der Waals surface area contributed by atoms with Gasteiger partial charge in [-0.1, -0.05) is 18.2 Å². The van der Waals surface area contributed by atoms with Crippen LogP contribution < -0.4 is 14.4 Å². The largest absolute Gasteiger partial charge is 0.482 e. The fourth-order valence-electron chi connectivity index (χ4n) is 2.79. The zero-order chi connectivity index (χ0) is 24.7. The minimum atomic E-state index is -3.65. The van der Waals surface area contributed by atoms with Gasteiger partial charge in [0.2, 0.25) is 0 Å². The van der Waals surface area contributed by atoms with Crippen molar-refractivity contribution < 1.29 is 27.5 Å². The van der Waals surface area contributed by atoms with Gasteiger partial charge in [-0.15, -0.1) is 11.3 Å². The molecule has 1 heterocycles. The first kappa shape index (κ1) is 24.8. The van der Waals surface area contributed by atoms with Gasteiger partial charge in [0, 0.05) is 7.05 Å². The number of nitrogens with zero attached hydrogens (tertiary/aromatic N) is 2. The molecule has 0 spiro atoms. The summed E-state index contributed by atoms with van der Waals surface area (Å²) in [5.41, 5.74) is 1.03. The number of esters is 1. The SMILES string of the molecule is CC(OC(=O)COc1ccc(N(C)S(=O)(=O)c2cccs2)cc1)C(=O)Nc1ccccc1C#N. The second-order valence-electron chi connectivity index (χ2n) is 6.97. The van der Waals surface area contributed by atoms with Gasteiger partial charge in [0.05, 0.1) is 16.9 Å². The number of hydrogen-bond acceptors (Lipinski definition) is 8. The molecule has 1 N–H and O–H groups in total. The Morgan fingerprint density at radius 1 is 1.12 bits per heavy atom. The lowest BCUT2D eigenvalue weighted by molar-refractivity contribution is -0.155. The van der Waals surface area contributed by atoms with Crippen LogP contribution in [0.15, 0.2) is 70.3 Å². The zero-order valence-corrected chi connectivity index (χ0v) is 19.9. The van der Waals surface area contributed by atoms with E-state index in [-0.39, 0.29) is 9.77 Å². The maximum atomic E-state index is 12.6. The maximum absolute atomic E-state index is 12.6. The van der Waals surface area contributed by atoms with Crippen LogP contribution in [-0.4, -0.2) is 40.1 Å². The van der Waals surface area contributed by atoms with Crippen LogP contribution in [0.2, 0.25) is 0 Å². The third-order valence-corrected chi connectivity index (χ3v) is 7.81. The quantitative estimate of drug-likeness (QED) is 0.447. The Balaban J connectivity index is 1.52. The van der Waals surface area contributed by atoms with Crippen LogP contribution in [0, 0.1) is 11.3 Å². The van der Waals surface area contributed by atoms with Crippen molar-refractivity contribution >= 4 is 44.6 Å². The molecule has 0 saturated carbocycles. The van der Waals surface area contributed by atoms with E-state index in [0.29, 0.717) is 17.1 Å². The molecule has 0 aliphatic rings. The van der Waals surface area contributed by atoms with Crippen molar-refractivity contribution in [2.24, 2.45) is 0 Å². The molecule has 1 atom stereocenters. The van der Waals surface area contributed by atoms with Crippen molar-refractivity contribution in [3.63, 3.8) is 0 Å². The minimum Gasteiger partial charge on any atom is -0.482 e. The highest BCUT2D eigenvalue weighted by molar-refractivity contribution is 7.94. The summed E-state index contributed by atoms with van der Waals surface area (Å²) in [5.74, 6) is -1.03. The second kappa shape index (κ2) is 10.8. The number of anilines is 2. The van der Waals surface area contributed by atoms with Gasteiger partial charge in [-0.25, -0.2) is 13.2 Å². The van der Waals surface area contributed by atoms with Gasteiger partial charge in [0.25, 0.3) is 15.9 Å². The smallest absolute Gasteiger partial charge is 0.344 e. The highest BCUT2D eigenvalue weighted by Crippen LogP contribution is 2.26. The van der Waals surface area contributed by atoms with Gasteiger partial charge >= 0.3 is 5.97 Å². The molecule has 0 aliphatic heterocycles. The first-order valence-corrected chi connectivity index (χ1v) is 12.3. The summed E-state index contributed by atoms with van der Waals surface area (Å²) in [5, 5.41) is 13.3. The lowest BCUT2D eigenvalue weighted by Gasteiger charge is -2.18. The molecule has 0 radical (unpaired) electrons. The fourth-order valence-corrected chi connectivity index (χ4v) is 5.14. The van der Waals surface area contributed by atoms with Gasteiger partial charge < -0.3 is 14.8 Å². The Labute approximate surface area is 201 Å². The van der Waals surface area contributed by atoms with Gasteiger partial charge in [0.15, 0.2) is 12.7 Å². The number of carbonyl (C=O) groups is 2. The predicted octanol–water partition coefficient (Wildman–Crippen LogP) is 3.39. The number of nitriles is 1. The number of hydrogen-bond donors (Lipinski definition) is 1. The predicted molar refractivity (Wildman–Crippen MR) is 127 cm³/mol. The summed E-state index contributed by atoms with van der Waals surface area (Å²) in [6.45, 7) is 0.954. The van der Waals surface area contributed by atoms with E-state index in [4.69, 9.17) is 14.7 Å². The van der Waals surface area contributed by atoms with Crippen LogP contribution >= 0.6 is 11.3 Å². The number of sulfonamides is 1. The standard InChI is InChI=1S/C23H21N3O6S2/c1-16(23(28)25-20-7-4-3-6-17(20)14-24)32-21(27)15-31-19-11-9-18(10-12-19)26(2)34(29,30)22-8-5-13-33-22/h3-13,16H,15H2,1-2H3,(H,25,28). The molecule has 176 valence electrons. The normalized spacial score (nSPS) is 11.7. The van der Waals surface area contributed by atoms with Gasteiger partial charge in [-0.05, 0) is 54.8 Å². The molecule has 0 aliphatic carbocycles. The number of benzene rings is 2. The van der Waals surface area contributed by atoms with Crippen molar-refractivity contribution in [3.8, 4) is 11.8 Å². The lowest BCUT2D eigenvalue weighted by Crippen LogP contribution is -2.31. The Hall–Kier alpha value is -3.88. The van der Waals surface area contributed by atoms with E-state index < -0.39 is 34.6 Å². The molecule has 0 fully saturated rings. The molecule has 1 aromatic heterocycles. The van der Waals surface area contributed by atoms with E-state index in [1.54, 1.807) is 47.8 Å². The van der Waals surface area contributed by atoms with E-state index in [0.717, 1.165) is 15.6 Å². The molecular formula is C23H21N3O6S2. The van der Waals surface area contributed by atoms with Crippen LogP contribution in [0.5, 0.6) is 5.75 Å². The Bertz CT molecular complexity index is 1300. The molecule has 3 aromatic rings. The monoisotopic (exact) mass is 499 g/mol. The third kappa shape index (κ3) is 5.92. The summed E-state index contributed by atoms with van der Waals surface area (Å²) in [6.07, 6.45) is -1.11. The number of para-hydroxylation sites is 1. The van der Waals surface area contributed by atoms with Crippen molar-refractivity contribution in [1.82, 2.24) is 0 Å². The van der Waals surface area contributed by atoms with Crippen LogP contribution in [0.1, 0.15) is 12.5 Å². The average Bonchev–Trinajstić information content (AvgIpc) is 3.39. The van der Waals surface area contributed by atoms with Crippen LogP contribution in [0.4, 0.5) is 11.4 Å². The average molecular weight is 500 g/mol. The summed E-state index contributed by atoms with van der Waals surface area (Å²) in [4.78, 5) is 24.3. The van der Waals surface area contributed by atoms with Crippen molar-refractivity contribution in [1.29, 1.82) is 5.26 Å². The first-order chi connectivity index (χ1) is 16.2. The number of ether oxygens (including phenoxy) is 2. The zero-order valence-electron chi connectivity index (χ0n) is 18.3. The topological polar surface area (TPSA) is 126 Å². The Morgan fingerprint density at radius 2 is 1.82 bits per heavy atom. The molecule has 0 saturated heterocycles.